The fourth-order valence-electron chi connectivity index (χ4n) is 9.70. The Balaban J connectivity index is 1.20. The number of aliphatic hydroxyl groups is 1. The minimum absolute atomic E-state index is 0.0699. The zero-order chi connectivity index (χ0) is 38.6. The largest absolute Gasteiger partial charge is 0.497 e. The van der Waals surface area contributed by atoms with Crippen molar-refractivity contribution in [3.05, 3.63) is 113 Å². The van der Waals surface area contributed by atoms with Gasteiger partial charge in [-0.15, -0.1) is 0 Å². The number of carbonyl (C=O) groups excluding carboxylic acids is 3. The lowest BCUT2D eigenvalue weighted by molar-refractivity contribution is -0.151. The number of aliphatic hydroxyl groups excluding tert-OH is 1. The summed E-state index contributed by atoms with van der Waals surface area (Å²) in [4.78, 5) is 47.6. The Bertz CT molecular complexity index is 2140. The first kappa shape index (κ1) is 37.0. The SMILES string of the molecule is COc1ccc([Si](C)(C)[C@H]2[C@H](CC(=O)N3Cc4ccccc4C[C@H]3CO)O[C@@]3(C(=O)N(Cc4cccc(N5CCC5=O)c4)c4ccc(OC)cc43)[C@@H]2C)cc1. The topological polar surface area (TPSA) is 109 Å². The van der Waals surface area contributed by atoms with Gasteiger partial charge in [-0.1, -0.05) is 73.7 Å². The first-order valence-corrected chi connectivity index (χ1v) is 22.3. The summed E-state index contributed by atoms with van der Waals surface area (Å²) in [6.07, 6.45) is 0.592. The van der Waals surface area contributed by atoms with E-state index in [0.717, 1.165) is 39.4 Å². The molecule has 0 aromatic heterocycles. The van der Waals surface area contributed by atoms with Crippen molar-refractivity contribution in [1.29, 1.82) is 0 Å². The van der Waals surface area contributed by atoms with Crippen molar-refractivity contribution < 1.29 is 33.7 Å². The van der Waals surface area contributed by atoms with Crippen LogP contribution >= 0.6 is 0 Å². The van der Waals surface area contributed by atoms with E-state index in [1.807, 2.05) is 72.8 Å². The molecule has 10 nitrogen and oxygen atoms in total. The Morgan fingerprint density at radius 3 is 2.33 bits per heavy atom. The molecule has 4 aliphatic rings. The van der Waals surface area contributed by atoms with Gasteiger partial charge in [0.05, 0.1) is 59.7 Å². The molecule has 8 rings (SSSR count). The second-order valence-electron chi connectivity index (χ2n) is 15.9. The van der Waals surface area contributed by atoms with Crippen LogP contribution in [-0.4, -0.2) is 75.3 Å². The average Bonchev–Trinajstić information content (AvgIpc) is 3.62. The summed E-state index contributed by atoms with van der Waals surface area (Å²) in [7, 11) is 0.731. The van der Waals surface area contributed by atoms with Crippen molar-refractivity contribution in [3.8, 4) is 11.5 Å². The van der Waals surface area contributed by atoms with E-state index in [2.05, 4.69) is 38.2 Å². The average molecular weight is 760 g/mol. The molecule has 0 bridgehead atoms. The lowest BCUT2D eigenvalue weighted by atomic mass is 9.82. The third-order valence-electron chi connectivity index (χ3n) is 12.7. The number of rotatable bonds is 10. The maximum atomic E-state index is 15.4. The summed E-state index contributed by atoms with van der Waals surface area (Å²) < 4.78 is 18.5. The van der Waals surface area contributed by atoms with E-state index < -0.39 is 19.8 Å². The van der Waals surface area contributed by atoms with Crippen molar-refractivity contribution in [1.82, 2.24) is 4.90 Å². The molecule has 4 aliphatic heterocycles. The predicted octanol–water partition coefficient (Wildman–Crippen LogP) is 5.54. The van der Waals surface area contributed by atoms with Crippen LogP contribution in [0.3, 0.4) is 0 Å². The van der Waals surface area contributed by atoms with E-state index in [1.165, 1.54) is 5.19 Å². The van der Waals surface area contributed by atoms with Gasteiger partial charge < -0.3 is 34.0 Å². The van der Waals surface area contributed by atoms with Crippen LogP contribution in [0.5, 0.6) is 11.5 Å². The highest BCUT2D eigenvalue weighted by atomic mass is 28.3. The fraction of sp³-hybridized carbons (Fsp3) is 0.386. The third kappa shape index (κ3) is 6.13. The minimum atomic E-state index is -2.53. The summed E-state index contributed by atoms with van der Waals surface area (Å²) in [6.45, 7) is 7.94. The number of β-lactam (4-membered cyclic amide) rings is 1. The monoisotopic (exact) mass is 759 g/mol. The molecule has 1 spiro atoms. The molecule has 0 saturated carbocycles. The number of anilines is 2. The molecule has 55 heavy (non-hydrogen) atoms. The molecule has 5 atom stereocenters. The van der Waals surface area contributed by atoms with Gasteiger partial charge in [-0.05, 0) is 71.1 Å². The van der Waals surface area contributed by atoms with Gasteiger partial charge in [-0.25, -0.2) is 0 Å². The van der Waals surface area contributed by atoms with E-state index in [9.17, 15) is 14.7 Å². The number of nitrogens with zero attached hydrogens (tertiary/aromatic N) is 3. The molecule has 0 unspecified atom stereocenters. The maximum Gasteiger partial charge on any atom is 0.264 e. The Hall–Kier alpha value is -4.97. The number of amides is 3. The first-order chi connectivity index (χ1) is 26.5. The fourth-order valence-corrected chi connectivity index (χ4v) is 13.7. The Morgan fingerprint density at radius 1 is 0.927 bits per heavy atom. The van der Waals surface area contributed by atoms with E-state index in [-0.39, 0.29) is 54.8 Å². The number of fused-ring (bicyclic) bond motifs is 3. The normalized spacial score (nSPS) is 24.5. The highest BCUT2D eigenvalue weighted by Gasteiger charge is 2.66. The summed E-state index contributed by atoms with van der Waals surface area (Å²) in [5.41, 5.74) is 3.88. The molecule has 2 saturated heterocycles. The van der Waals surface area contributed by atoms with Gasteiger partial charge in [-0.3, -0.25) is 14.4 Å². The van der Waals surface area contributed by atoms with Crippen molar-refractivity contribution in [2.24, 2.45) is 5.92 Å². The maximum absolute atomic E-state index is 15.4. The quantitative estimate of drug-likeness (QED) is 0.167. The molecule has 4 heterocycles. The lowest BCUT2D eigenvalue weighted by Gasteiger charge is -2.39. The van der Waals surface area contributed by atoms with Crippen LogP contribution in [0.25, 0.3) is 0 Å². The molecule has 0 aliphatic carbocycles. The van der Waals surface area contributed by atoms with Gasteiger partial charge in [0.1, 0.15) is 11.5 Å². The standard InChI is InChI=1S/C44H49N3O7Si/c1-28-42(55(4,5)36-16-13-34(52-2)14-17-36)39(24-41(50)46-26-31-11-7-6-10-30(31)22-33(46)27-48)54-44(28)37-23-35(53-3)15-18-38(37)47(43(44)51)25-29-9-8-12-32(21-29)45-20-19-40(45)49/h6-18,21,23,28,33,39,42,48H,19-20,22,24-27H2,1-5H3/t28-,33+,39+,42-,44+/m1/s1. The molecule has 1 N–H and O–H groups in total. The van der Waals surface area contributed by atoms with Crippen LogP contribution in [0, 0.1) is 5.92 Å². The third-order valence-corrected chi connectivity index (χ3v) is 17.1. The van der Waals surface area contributed by atoms with Gasteiger partial charge in [0.2, 0.25) is 11.8 Å². The molecule has 286 valence electrons. The molecule has 11 heteroatoms. The number of benzene rings is 4. The predicted molar refractivity (Wildman–Crippen MR) is 213 cm³/mol. The zero-order valence-electron chi connectivity index (χ0n) is 32.2. The molecular weight excluding hydrogens is 711 g/mol. The zero-order valence-corrected chi connectivity index (χ0v) is 33.2. The van der Waals surface area contributed by atoms with E-state index >= 15 is 4.79 Å². The van der Waals surface area contributed by atoms with Crippen molar-refractivity contribution >= 4 is 42.4 Å². The number of ether oxygens (including phenoxy) is 3. The summed E-state index contributed by atoms with van der Waals surface area (Å²) in [5, 5.41) is 11.7. The van der Waals surface area contributed by atoms with Gasteiger partial charge in [-0.2, -0.15) is 0 Å². The van der Waals surface area contributed by atoms with Crippen molar-refractivity contribution in [2.45, 2.75) is 75.7 Å². The van der Waals surface area contributed by atoms with Crippen LogP contribution in [0.1, 0.15) is 42.0 Å². The van der Waals surface area contributed by atoms with Crippen LogP contribution in [-0.2, 0) is 44.2 Å². The van der Waals surface area contributed by atoms with Gasteiger partial charge in [0.15, 0.2) is 5.60 Å². The molecule has 4 aromatic carbocycles. The molecule has 3 amide bonds. The van der Waals surface area contributed by atoms with E-state index in [4.69, 9.17) is 14.2 Å². The van der Waals surface area contributed by atoms with E-state index in [0.29, 0.717) is 31.7 Å². The van der Waals surface area contributed by atoms with Gasteiger partial charge in [0.25, 0.3) is 5.91 Å². The summed E-state index contributed by atoms with van der Waals surface area (Å²) in [5.74, 6) is 0.873. The number of hydrogen-bond donors (Lipinski definition) is 1. The van der Waals surface area contributed by atoms with E-state index in [1.54, 1.807) is 28.9 Å². The number of hydrogen-bond acceptors (Lipinski definition) is 7. The minimum Gasteiger partial charge on any atom is -0.497 e. The Labute approximate surface area is 323 Å². The number of carbonyl (C=O) groups is 3. The van der Waals surface area contributed by atoms with Crippen LogP contribution < -0.4 is 24.5 Å². The lowest BCUT2D eigenvalue weighted by Crippen LogP contribution is -2.52. The van der Waals surface area contributed by atoms with Crippen LogP contribution in [0.4, 0.5) is 11.4 Å². The van der Waals surface area contributed by atoms with Crippen molar-refractivity contribution in [3.63, 3.8) is 0 Å². The second-order valence-corrected chi connectivity index (χ2v) is 20.6. The molecule has 0 radical (unpaired) electrons. The molecule has 2 fully saturated rings. The molecule has 4 aromatic rings. The second kappa shape index (κ2) is 14.3. The van der Waals surface area contributed by atoms with Crippen LogP contribution in [0.15, 0.2) is 91.0 Å². The van der Waals surface area contributed by atoms with Crippen molar-refractivity contribution in [2.75, 3.05) is 37.2 Å². The Kier molecular flexibility index (Phi) is 9.59. The summed E-state index contributed by atoms with van der Waals surface area (Å²) in [6, 6.07) is 29.4. The van der Waals surface area contributed by atoms with Gasteiger partial charge in [0, 0.05) is 36.7 Å². The summed E-state index contributed by atoms with van der Waals surface area (Å²) >= 11 is 0. The Morgan fingerprint density at radius 2 is 1.65 bits per heavy atom. The molecular formula is C44H49N3O7Si. The van der Waals surface area contributed by atoms with Crippen LogP contribution in [0.2, 0.25) is 18.6 Å². The highest BCUT2D eigenvalue weighted by Crippen LogP contribution is 2.60. The van der Waals surface area contributed by atoms with Gasteiger partial charge >= 0.3 is 0 Å². The smallest absolute Gasteiger partial charge is 0.264 e. The first-order valence-electron chi connectivity index (χ1n) is 19.2. The number of methoxy groups -OCH3 is 2. The highest BCUT2D eigenvalue weighted by molar-refractivity contribution is 6.91.